The van der Waals surface area contributed by atoms with E-state index in [1.165, 1.54) is 25.1 Å². The summed E-state index contributed by atoms with van der Waals surface area (Å²) in [6.07, 6.45) is 4.77. The van der Waals surface area contributed by atoms with Crippen molar-refractivity contribution in [1.29, 1.82) is 0 Å². The molecule has 0 unspecified atom stereocenters. The van der Waals surface area contributed by atoms with Crippen LogP contribution in [0.3, 0.4) is 0 Å². The molecule has 2 nitrogen and oxygen atoms in total. The van der Waals surface area contributed by atoms with Crippen LogP contribution >= 0.6 is 11.8 Å². The first-order chi connectivity index (χ1) is 6.74. The summed E-state index contributed by atoms with van der Waals surface area (Å²) in [7, 11) is 0. The first-order valence-electron chi connectivity index (χ1n) is 5.69. The number of nitrogens with zero attached hydrogens (tertiary/aromatic N) is 1. The maximum atomic E-state index is 9.05. The minimum atomic E-state index is 0.324. The van der Waals surface area contributed by atoms with Crippen LogP contribution in [0.15, 0.2) is 0 Å². The number of unbranched alkanes of at least 4 members (excludes halogenated alkanes) is 1. The third kappa shape index (κ3) is 5.23. The molecule has 1 N–H and O–H groups in total. The molecule has 0 rings (SSSR count). The third-order valence-electron chi connectivity index (χ3n) is 3.15. The molecule has 0 aliphatic carbocycles. The van der Waals surface area contributed by atoms with Gasteiger partial charge in [0, 0.05) is 0 Å². The van der Waals surface area contributed by atoms with E-state index in [-0.39, 0.29) is 0 Å². The molecule has 0 aromatic carbocycles. The molecular formula is C11H26NOS+. The van der Waals surface area contributed by atoms with Crippen molar-refractivity contribution in [3.63, 3.8) is 0 Å². The van der Waals surface area contributed by atoms with E-state index in [1.54, 1.807) is 0 Å². The average molecular weight is 220 g/mol. The number of likely N-dealkylation sites (N-methyl/N-ethyl adjacent to an activating group) is 1. The molecule has 0 spiro atoms. The van der Waals surface area contributed by atoms with Gasteiger partial charge in [0.15, 0.2) is 0 Å². The van der Waals surface area contributed by atoms with Crippen LogP contribution in [0.1, 0.15) is 26.7 Å². The van der Waals surface area contributed by atoms with Crippen molar-refractivity contribution in [2.45, 2.75) is 26.7 Å². The van der Waals surface area contributed by atoms with Gasteiger partial charge in [0.2, 0.25) is 0 Å². The summed E-state index contributed by atoms with van der Waals surface area (Å²) in [5.41, 5.74) is 0. The average Bonchev–Trinajstić information content (AvgIpc) is 2.23. The fourth-order valence-corrected chi connectivity index (χ4v) is 2.37. The number of aliphatic hydroxyl groups excluding tert-OH is 1. The number of hydrogen-bond acceptors (Lipinski definition) is 2. The maximum Gasteiger partial charge on any atom is 0.102 e. The number of hydrogen-bond donors (Lipinski definition) is 1. The second-order valence-electron chi connectivity index (χ2n) is 3.84. The summed E-state index contributed by atoms with van der Waals surface area (Å²) < 4.78 is 1.09. The number of aliphatic hydroxyl groups is 1. The van der Waals surface area contributed by atoms with Gasteiger partial charge in [0.25, 0.3) is 0 Å². The van der Waals surface area contributed by atoms with E-state index in [0.29, 0.717) is 6.61 Å². The van der Waals surface area contributed by atoms with Crippen molar-refractivity contribution in [2.24, 2.45) is 0 Å². The Morgan fingerprint density at radius 3 is 2.14 bits per heavy atom. The molecule has 3 heteroatoms. The van der Waals surface area contributed by atoms with Gasteiger partial charge in [-0.05, 0) is 38.7 Å². The predicted octanol–water partition coefficient (Wildman–Crippen LogP) is 1.98. The molecule has 86 valence electrons. The van der Waals surface area contributed by atoms with E-state index in [4.69, 9.17) is 5.11 Å². The van der Waals surface area contributed by atoms with Gasteiger partial charge in [-0.3, -0.25) is 0 Å². The highest BCUT2D eigenvalue weighted by Gasteiger charge is 2.21. The molecule has 0 atom stereocenters. The summed E-state index contributed by atoms with van der Waals surface area (Å²) in [6.45, 7) is 9.23. The van der Waals surface area contributed by atoms with Crippen molar-refractivity contribution in [2.75, 3.05) is 44.8 Å². The minimum Gasteiger partial charge on any atom is -0.391 e. The summed E-state index contributed by atoms with van der Waals surface area (Å²) in [4.78, 5) is 0. The van der Waals surface area contributed by atoms with Crippen LogP contribution in [0.25, 0.3) is 0 Å². The lowest BCUT2D eigenvalue weighted by Crippen LogP contribution is -2.50. The molecule has 0 amide bonds. The maximum absolute atomic E-state index is 9.05. The number of quaternary nitrogens is 1. The van der Waals surface area contributed by atoms with Crippen molar-refractivity contribution >= 4 is 11.8 Å². The molecule has 0 bridgehead atoms. The van der Waals surface area contributed by atoms with E-state index >= 15 is 0 Å². The van der Waals surface area contributed by atoms with E-state index < -0.39 is 0 Å². The molecule has 0 radical (unpaired) electrons. The van der Waals surface area contributed by atoms with Crippen LogP contribution in [0.5, 0.6) is 0 Å². The van der Waals surface area contributed by atoms with Gasteiger partial charge in [-0.25, -0.2) is 0 Å². The van der Waals surface area contributed by atoms with Gasteiger partial charge < -0.3 is 9.59 Å². The molecule has 14 heavy (non-hydrogen) atoms. The highest BCUT2D eigenvalue weighted by Crippen LogP contribution is 2.09. The Bertz CT molecular complexity index is 126. The molecular weight excluding hydrogens is 194 g/mol. The van der Waals surface area contributed by atoms with E-state index in [9.17, 15) is 0 Å². The normalized spacial score (nSPS) is 12.0. The zero-order valence-electron chi connectivity index (χ0n) is 9.96. The highest BCUT2D eigenvalue weighted by molar-refractivity contribution is 7.98. The van der Waals surface area contributed by atoms with Gasteiger partial charge >= 0.3 is 0 Å². The van der Waals surface area contributed by atoms with Gasteiger partial charge in [0.05, 0.1) is 26.2 Å². The SMILES string of the molecule is CC[N+](CC)(CCO)CCCCSC. The predicted molar refractivity (Wildman–Crippen MR) is 65.8 cm³/mol. The Kier molecular flexibility index (Phi) is 8.73. The first-order valence-corrected chi connectivity index (χ1v) is 7.09. The lowest BCUT2D eigenvalue weighted by Gasteiger charge is -2.36. The summed E-state index contributed by atoms with van der Waals surface area (Å²) in [5.74, 6) is 1.27. The number of thioether (sulfide) groups is 1. The zero-order chi connectivity index (χ0) is 10.9. The van der Waals surface area contributed by atoms with Crippen LogP contribution in [0.4, 0.5) is 0 Å². The van der Waals surface area contributed by atoms with Crippen LogP contribution in [-0.4, -0.2) is 54.4 Å². The summed E-state index contributed by atoms with van der Waals surface area (Å²) in [5, 5.41) is 9.05. The Labute approximate surface area is 93.3 Å². The van der Waals surface area contributed by atoms with Gasteiger partial charge in [-0.1, -0.05) is 0 Å². The second-order valence-corrected chi connectivity index (χ2v) is 4.83. The zero-order valence-corrected chi connectivity index (χ0v) is 10.8. The van der Waals surface area contributed by atoms with Crippen molar-refractivity contribution in [1.82, 2.24) is 0 Å². The van der Waals surface area contributed by atoms with Crippen molar-refractivity contribution in [3.05, 3.63) is 0 Å². The second kappa shape index (κ2) is 8.57. The van der Waals surface area contributed by atoms with Crippen molar-refractivity contribution in [3.8, 4) is 0 Å². The lowest BCUT2D eigenvalue weighted by molar-refractivity contribution is -0.925. The molecule has 0 saturated carbocycles. The molecule has 0 fully saturated rings. The van der Waals surface area contributed by atoms with Gasteiger partial charge in [-0.2, -0.15) is 11.8 Å². The molecule has 0 aliphatic rings. The Morgan fingerprint density at radius 2 is 1.71 bits per heavy atom. The lowest BCUT2D eigenvalue weighted by atomic mass is 10.2. The fraction of sp³-hybridized carbons (Fsp3) is 1.00. The number of rotatable bonds is 9. The van der Waals surface area contributed by atoms with Crippen LogP contribution < -0.4 is 0 Å². The minimum absolute atomic E-state index is 0.324. The summed E-state index contributed by atoms with van der Waals surface area (Å²) >= 11 is 1.92. The summed E-state index contributed by atoms with van der Waals surface area (Å²) in [6, 6.07) is 0. The smallest absolute Gasteiger partial charge is 0.102 e. The topological polar surface area (TPSA) is 20.2 Å². The van der Waals surface area contributed by atoms with Crippen LogP contribution in [0.2, 0.25) is 0 Å². The van der Waals surface area contributed by atoms with E-state index in [1.807, 2.05) is 11.8 Å². The van der Waals surface area contributed by atoms with Gasteiger partial charge in [0.1, 0.15) is 6.54 Å². The standard InChI is InChI=1S/C11H26NOS/c1-4-12(5-2,9-10-13)8-6-7-11-14-3/h13H,4-11H2,1-3H3/q+1. The van der Waals surface area contributed by atoms with Crippen LogP contribution in [-0.2, 0) is 0 Å². The van der Waals surface area contributed by atoms with E-state index in [0.717, 1.165) is 24.1 Å². The quantitative estimate of drug-likeness (QED) is 0.474. The fourth-order valence-electron chi connectivity index (χ4n) is 1.87. The molecule has 0 aliphatic heterocycles. The Morgan fingerprint density at radius 1 is 1.07 bits per heavy atom. The highest BCUT2D eigenvalue weighted by atomic mass is 32.2. The third-order valence-corrected chi connectivity index (χ3v) is 3.84. The molecule has 0 heterocycles. The molecule has 0 saturated heterocycles. The molecule has 0 aromatic rings. The van der Waals surface area contributed by atoms with Crippen molar-refractivity contribution < 1.29 is 9.59 Å². The van der Waals surface area contributed by atoms with E-state index in [2.05, 4.69) is 20.1 Å². The van der Waals surface area contributed by atoms with Gasteiger partial charge in [-0.15, -0.1) is 0 Å². The monoisotopic (exact) mass is 220 g/mol. The molecule has 0 aromatic heterocycles. The largest absolute Gasteiger partial charge is 0.391 e. The Hall–Kier alpha value is 0.270. The van der Waals surface area contributed by atoms with Crippen LogP contribution in [0, 0.1) is 0 Å². The first kappa shape index (κ1) is 14.3. The Balaban J connectivity index is 3.82.